The van der Waals surface area contributed by atoms with Gasteiger partial charge in [-0.2, -0.15) is 23.5 Å². The van der Waals surface area contributed by atoms with Gasteiger partial charge < -0.3 is 42.6 Å². The van der Waals surface area contributed by atoms with E-state index in [1.807, 2.05) is 34.6 Å². The molecule has 0 radical (unpaired) electrons. The lowest BCUT2D eigenvalue weighted by atomic mass is 9.90. The number of hydrogen-bond donors (Lipinski definition) is 0. The van der Waals surface area contributed by atoms with Crippen molar-refractivity contribution in [2.75, 3.05) is 55.2 Å². The molecule has 0 spiro atoms. The Morgan fingerprint density at radius 2 is 0.905 bits per heavy atom. The zero-order valence-corrected chi connectivity index (χ0v) is 42.5. The Kier molecular flexibility index (Phi) is 28.8. The van der Waals surface area contributed by atoms with Crippen LogP contribution in [0.1, 0.15) is 141 Å². The maximum Gasteiger partial charge on any atom is 0.349 e. The second kappa shape index (κ2) is 30.9. The highest BCUT2D eigenvalue weighted by Crippen LogP contribution is 2.27. The van der Waals surface area contributed by atoms with E-state index in [0.717, 1.165) is 55.1 Å². The molecule has 0 aromatic rings. The minimum Gasteiger partial charge on any atom is -0.450 e. The third kappa shape index (κ3) is 24.2. The zero-order valence-electron chi connectivity index (χ0n) is 40.0. The molecule has 15 nitrogen and oxygen atoms in total. The van der Waals surface area contributed by atoms with E-state index in [9.17, 15) is 28.8 Å². The molecule has 0 N–H and O–H groups in total. The first kappa shape index (κ1) is 58.8. The molecular formula is C45H78O15S3. The smallest absolute Gasteiger partial charge is 0.349 e. The molecule has 3 rings (SSSR count). The molecule has 63 heavy (non-hydrogen) atoms. The summed E-state index contributed by atoms with van der Waals surface area (Å²) in [5.74, 6) is 1.82. The van der Waals surface area contributed by atoms with E-state index in [0.29, 0.717) is 44.8 Å². The SMILES string of the molecule is CCC(C)(C)C(=O)OC(C)C(=O)OC1COCCCCO1.CCC(C)(C)C(=O)OC(C)C(=O)OC1CSCCCCO1.CCC(C)(C)C(=O)OC(C)C(=O)OC1CSCCCCS1. The number of carbonyl (C=O) groups excluding carboxylic acids is 6. The van der Waals surface area contributed by atoms with E-state index in [1.54, 1.807) is 69.9 Å². The fraction of sp³-hybridized carbons (Fsp3) is 0.867. The Bertz CT molecular complexity index is 1210. The van der Waals surface area contributed by atoms with Crippen molar-refractivity contribution in [3.63, 3.8) is 0 Å². The van der Waals surface area contributed by atoms with Gasteiger partial charge in [0, 0.05) is 12.4 Å². The molecule has 3 fully saturated rings. The predicted octanol–water partition coefficient (Wildman–Crippen LogP) is 8.30. The van der Waals surface area contributed by atoms with Crippen LogP contribution in [-0.2, 0) is 71.4 Å². The van der Waals surface area contributed by atoms with Crippen molar-refractivity contribution >= 4 is 71.1 Å². The van der Waals surface area contributed by atoms with Gasteiger partial charge in [-0.3, -0.25) is 14.4 Å². The van der Waals surface area contributed by atoms with Gasteiger partial charge in [0.05, 0.1) is 35.2 Å². The molecule has 6 unspecified atom stereocenters. The van der Waals surface area contributed by atoms with E-state index >= 15 is 0 Å². The van der Waals surface area contributed by atoms with Gasteiger partial charge in [-0.1, -0.05) is 20.8 Å². The van der Waals surface area contributed by atoms with Crippen molar-refractivity contribution < 1.29 is 71.4 Å². The van der Waals surface area contributed by atoms with Crippen LogP contribution in [0, 0.1) is 16.2 Å². The first-order valence-electron chi connectivity index (χ1n) is 22.4. The Balaban J connectivity index is 0.000000472. The van der Waals surface area contributed by atoms with E-state index in [-0.39, 0.29) is 24.0 Å². The highest BCUT2D eigenvalue weighted by Gasteiger charge is 2.34. The molecule has 0 bridgehead atoms. The lowest BCUT2D eigenvalue weighted by Crippen LogP contribution is -2.37. The van der Waals surface area contributed by atoms with Gasteiger partial charge in [0.1, 0.15) is 6.61 Å². The van der Waals surface area contributed by atoms with Gasteiger partial charge in [0.2, 0.25) is 12.6 Å². The standard InChI is InChI=1S/C15H26O6.C15H26O5S.C15H26O4S2/c1-5-15(3,4)14(17)20-11(2)13(16)21-12-10-18-8-6-7-9-19-12;1-5-15(3,4)14(17)19-11(2)13(16)20-12-10-21-9-7-6-8-18-12;1-5-15(3,4)14(17)18-11(2)13(16)19-12-10-20-8-6-7-9-21-12/h3*11-12H,5-10H2,1-4H3. The van der Waals surface area contributed by atoms with Gasteiger partial charge in [-0.05, 0) is 137 Å². The van der Waals surface area contributed by atoms with E-state index in [4.69, 9.17) is 42.6 Å². The molecule has 3 heterocycles. The molecule has 366 valence electrons. The molecule has 3 aliphatic heterocycles. The summed E-state index contributed by atoms with van der Waals surface area (Å²) in [4.78, 5) is 71.8. The monoisotopic (exact) mass is 954 g/mol. The van der Waals surface area contributed by atoms with Crippen LogP contribution in [-0.4, -0.2) is 127 Å². The third-order valence-electron chi connectivity index (χ3n) is 10.6. The summed E-state index contributed by atoms with van der Waals surface area (Å²) < 4.78 is 47.7. The Morgan fingerprint density at radius 1 is 0.524 bits per heavy atom. The van der Waals surface area contributed by atoms with Crippen LogP contribution in [0.15, 0.2) is 0 Å². The first-order chi connectivity index (χ1) is 29.6. The summed E-state index contributed by atoms with van der Waals surface area (Å²) in [6.07, 6.45) is 4.19. The fourth-order valence-electron chi connectivity index (χ4n) is 4.66. The number of hydrogen-bond acceptors (Lipinski definition) is 18. The quantitative estimate of drug-likeness (QED) is 0.113. The molecule has 0 aromatic heterocycles. The fourth-order valence-corrected chi connectivity index (χ4v) is 7.90. The van der Waals surface area contributed by atoms with Gasteiger partial charge in [-0.25, -0.2) is 14.4 Å². The zero-order chi connectivity index (χ0) is 47.6. The lowest BCUT2D eigenvalue weighted by Gasteiger charge is -2.25. The second-order valence-corrected chi connectivity index (χ2v) is 21.0. The van der Waals surface area contributed by atoms with E-state index < -0.39 is 71.0 Å². The van der Waals surface area contributed by atoms with Crippen molar-refractivity contribution in [3.05, 3.63) is 0 Å². The van der Waals surface area contributed by atoms with Gasteiger partial charge in [0.25, 0.3) is 0 Å². The van der Waals surface area contributed by atoms with Crippen LogP contribution >= 0.6 is 35.3 Å². The molecule has 3 saturated heterocycles. The highest BCUT2D eigenvalue weighted by molar-refractivity contribution is 8.03. The molecule has 0 aromatic carbocycles. The number of carbonyl (C=O) groups is 6. The highest BCUT2D eigenvalue weighted by atomic mass is 32.2. The summed E-state index contributed by atoms with van der Waals surface area (Å²) in [6, 6.07) is 0. The molecule has 6 atom stereocenters. The summed E-state index contributed by atoms with van der Waals surface area (Å²) in [6.45, 7) is 23.0. The molecule has 0 amide bonds. The Labute approximate surface area is 389 Å². The van der Waals surface area contributed by atoms with Crippen LogP contribution in [0.5, 0.6) is 0 Å². The largest absolute Gasteiger partial charge is 0.450 e. The lowest BCUT2D eigenvalue weighted by molar-refractivity contribution is -0.206. The summed E-state index contributed by atoms with van der Waals surface area (Å²) >= 11 is 5.18. The Morgan fingerprint density at radius 3 is 1.40 bits per heavy atom. The number of rotatable bonds is 15. The first-order valence-corrected chi connectivity index (χ1v) is 25.8. The van der Waals surface area contributed by atoms with Crippen molar-refractivity contribution in [1.29, 1.82) is 0 Å². The normalized spacial score (nSPS) is 21.8. The minimum atomic E-state index is -0.961. The van der Waals surface area contributed by atoms with Crippen molar-refractivity contribution in [3.8, 4) is 0 Å². The Hall–Kier alpha value is -2.25. The molecular weight excluding hydrogens is 877 g/mol. The number of ether oxygens (including phenoxy) is 9. The minimum absolute atomic E-state index is 0.136. The van der Waals surface area contributed by atoms with Crippen molar-refractivity contribution in [1.82, 2.24) is 0 Å². The summed E-state index contributed by atoms with van der Waals surface area (Å²) in [7, 11) is 0. The molecule has 18 heteroatoms. The maximum atomic E-state index is 12.0. The van der Waals surface area contributed by atoms with Crippen LogP contribution in [0.4, 0.5) is 0 Å². The van der Waals surface area contributed by atoms with E-state index in [2.05, 4.69) is 0 Å². The van der Waals surface area contributed by atoms with Gasteiger partial charge in [0.15, 0.2) is 23.7 Å². The molecule has 0 saturated carbocycles. The topological polar surface area (TPSA) is 185 Å². The van der Waals surface area contributed by atoms with Crippen LogP contribution in [0.3, 0.4) is 0 Å². The average molecular weight is 955 g/mol. The summed E-state index contributed by atoms with van der Waals surface area (Å²) in [5.41, 5.74) is -1.92. The maximum absolute atomic E-state index is 12.0. The van der Waals surface area contributed by atoms with Crippen LogP contribution < -0.4 is 0 Å². The number of esters is 6. The predicted molar refractivity (Wildman–Crippen MR) is 246 cm³/mol. The van der Waals surface area contributed by atoms with Crippen molar-refractivity contribution in [2.24, 2.45) is 16.2 Å². The third-order valence-corrected chi connectivity index (χ3v) is 14.2. The van der Waals surface area contributed by atoms with Gasteiger partial charge >= 0.3 is 35.8 Å². The number of thioether (sulfide) groups is 3. The van der Waals surface area contributed by atoms with Gasteiger partial charge in [-0.15, -0.1) is 11.8 Å². The molecule has 3 aliphatic rings. The van der Waals surface area contributed by atoms with Crippen LogP contribution in [0.25, 0.3) is 0 Å². The van der Waals surface area contributed by atoms with E-state index in [1.165, 1.54) is 20.3 Å². The average Bonchev–Trinajstić information content (AvgIpc) is 3.20. The summed E-state index contributed by atoms with van der Waals surface area (Å²) in [5, 5.41) is 0. The van der Waals surface area contributed by atoms with Crippen LogP contribution in [0.2, 0.25) is 0 Å². The molecule has 0 aliphatic carbocycles. The van der Waals surface area contributed by atoms with Crippen molar-refractivity contribution in [2.45, 2.75) is 177 Å². The second-order valence-electron chi connectivity index (χ2n) is 17.4.